The van der Waals surface area contributed by atoms with Gasteiger partial charge >= 0.3 is 0 Å². The Morgan fingerprint density at radius 1 is 1.08 bits per heavy atom. The first-order chi connectivity index (χ1) is 18.2. The third kappa shape index (κ3) is 5.18. The minimum absolute atomic E-state index is 0.283. The van der Waals surface area contributed by atoms with Gasteiger partial charge in [0.2, 0.25) is 0 Å². The van der Waals surface area contributed by atoms with Crippen LogP contribution in [0, 0.1) is 35.4 Å². The van der Waals surface area contributed by atoms with Crippen LogP contribution in [0.3, 0.4) is 0 Å². The number of aliphatic hydroxyl groups excluding tert-OH is 1. The minimum atomic E-state index is -0.524. The lowest BCUT2D eigenvalue weighted by molar-refractivity contribution is -0.127. The number of carbonyl (C=O) groups excluding carboxylic acids is 2. The van der Waals surface area contributed by atoms with E-state index in [-0.39, 0.29) is 17.1 Å². The van der Waals surface area contributed by atoms with E-state index in [0.29, 0.717) is 60.1 Å². The van der Waals surface area contributed by atoms with Gasteiger partial charge in [-0.1, -0.05) is 0 Å². The largest absolute Gasteiger partial charge is 0.511 e. The number of nitrogens with one attached hydrogen (secondary N) is 1. The van der Waals surface area contributed by atoms with Crippen LogP contribution in [0.2, 0.25) is 0 Å². The first-order valence-electron chi connectivity index (χ1n) is 11.7. The summed E-state index contributed by atoms with van der Waals surface area (Å²) < 4.78 is 14.8. The fraction of sp³-hybridized carbons (Fsp3) is 0.222. The molecule has 4 rings (SSSR count). The number of benzene rings is 2. The number of piperazine rings is 1. The van der Waals surface area contributed by atoms with E-state index in [1.807, 2.05) is 4.90 Å². The van der Waals surface area contributed by atoms with Crippen LogP contribution in [0.1, 0.15) is 28.5 Å². The predicted octanol–water partition coefficient (Wildman–Crippen LogP) is 3.45. The van der Waals surface area contributed by atoms with Gasteiger partial charge in [0, 0.05) is 31.9 Å². The summed E-state index contributed by atoms with van der Waals surface area (Å²) >= 11 is 0. The van der Waals surface area contributed by atoms with Crippen LogP contribution in [-0.2, 0) is 4.79 Å². The van der Waals surface area contributed by atoms with Gasteiger partial charge in [-0.25, -0.2) is 9.07 Å². The Morgan fingerprint density at radius 2 is 1.76 bits per heavy atom. The maximum atomic E-state index is 13.2. The lowest BCUT2D eigenvalue weighted by Crippen LogP contribution is -2.49. The second-order valence-corrected chi connectivity index (χ2v) is 8.68. The molecule has 1 aliphatic rings. The van der Waals surface area contributed by atoms with Crippen LogP contribution in [-0.4, -0.2) is 57.8 Å². The zero-order valence-corrected chi connectivity index (χ0v) is 20.8. The van der Waals surface area contributed by atoms with Gasteiger partial charge in [0.05, 0.1) is 34.4 Å². The fourth-order valence-corrected chi connectivity index (χ4v) is 4.24. The third-order valence-electron chi connectivity index (χ3n) is 6.30. The zero-order chi connectivity index (χ0) is 27.4. The summed E-state index contributed by atoms with van der Waals surface area (Å²) in [5, 5.41) is 35.5. The molecule has 2 heterocycles. The highest BCUT2D eigenvalue weighted by Gasteiger charge is 2.26. The molecular weight excluding hydrogens is 489 g/mol. The maximum absolute atomic E-state index is 13.2. The molecule has 192 valence electrons. The van der Waals surface area contributed by atoms with Crippen molar-refractivity contribution in [3.63, 3.8) is 0 Å². The predicted molar refractivity (Wildman–Crippen MR) is 137 cm³/mol. The van der Waals surface area contributed by atoms with E-state index in [0.717, 1.165) is 0 Å². The molecule has 38 heavy (non-hydrogen) atoms. The molecular formula is C27H24FN7O3. The van der Waals surface area contributed by atoms with E-state index in [2.05, 4.69) is 16.5 Å². The first-order valence-corrected chi connectivity index (χ1v) is 11.7. The smallest absolute Gasteiger partial charge is 0.268 e. The van der Waals surface area contributed by atoms with Crippen LogP contribution >= 0.6 is 0 Å². The van der Waals surface area contributed by atoms with Gasteiger partial charge in [-0.15, -0.1) is 0 Å². The number of aliphatic hydroxyl groups is 1. The van der Waals surface area contributed by atoms with Crippen molar-refractivity contribution in [1.82, 2.24) is 14.7 Å². The Hall–Kier alpha value is -5.16. The molecule has 0 saturated carbocycles. The van der Waals surface area contributed by atoms with Gasteiger partial charge in [-0.3, -0.25) is 9.59 Å². The van der Waals surface area contributed by atoms with Crippen molar-refractivity contribution in [2.45, 2.75) is 13.8 Å². The minimum Gasteiger partial charge on any atom is -0.511 e. The van der Waals surface area contributed by atoms with Gasteiger partial charge in [0.1, 0.15) is 23.7 Å². The molecule has 1 saturated heterocycles. The number of rotatable bonds is 5. The number of hydrogen-bond acceptors (Lipinski definition) is 7. The number of hydrogen-bond donors (Lipinski definition) is 2. The molecule has 3 aromatic rings. The lowest BCUT2D eigenvalue weighted by Gasteiger charge is -2.36. The normalized spacial score (nSPS) is 13.8. The Labute approximate surface area is 218 Å². The molecule has 10 nitrogen and oxygen atoms in total. The summed E-state index contributed by atoms with van der Waals surface area (Å²) in [5.41, 5.74) is 2.69. The molecule has 1 aliphatic heterocycles. The van der Waals surface area contributed by atoms with Crippen LogP contribution in [0.5, 0.6) is 0 Å². The second kappa shape index (κ2) is 10.8. The summed E-state index contributed by atoms with van der Waals surface area (Å²) in [6, 6.07) is 14.7. The van der Waals surface area contributed by atoms with Crippen molar-refractivity contribution in [3.05, 3.63) is 82.6 Å². The molecule has 0 atom stereocenters. The van der Waals surface area contributed by atoms with Crippen molar-refractivity contribution in [1.29, 1.82) is 10.5 Å². The maximum Gasteiger partial charge on any atom is 0.268 e. The molecule has 0 spiro atoms. The topological polar surface area (TPSA) is 138 Å². The number of nitriles is 2. The highest BCUT2D eigenvalue weighted by atomic mass is 19.1. The molecule has 1 fully saturated rings. The van der Waals surface area contributed by atoms with E-state index in [9.17, 15) is 24.3 Å². The van der Waals surface area contributed by atoms with Gasteiger partial charge in [0.15, 0.2) is 5.57 Å². The lowest BCUT2D eigenvalue weighted by atomic mass is 10.1. The highest BCUT2D eigenvalue weighted by molar-refractivity contribution is 6.05. The van der Waals surface area contributed by atoms with Crippen LogP contribution in [0.25, 0.3) is 5.69 Å². The number of carbonyl (C=O) groups is 2. The van der Waals surface area contributed by atoms with Gasteiger partial charge in [-0.05, 0) is 56.3 Å². The van der Waals surface area contributed by atoms with Crippen molar-refractivity contribution in [2.75, 3.05) is 36.4 Å². The number of anilines is 2. The van der Waals surface area contributed by atoms with Gasteiger partial charge in [0.25, 0.3) is 11.8 Å². The van der Waals surface area contributed by atoms with Crippen molar-refractivity contribution < 1.29 is 19.1 Å². The molecule has 11 heteroatoms. The Balaban J connectivity index is 1.45. The van der Waals surface area contributed by atoms with Crippen LogP contribution < -0.4 is 10.2 Å². The van der Waals surface area contributed by atoms with Crippen molar-refractivity contribution in [2.24, 2.45) is 0 Å². The van der Waals surface area contributed by atoms with Crippen molar-refractivity contribution in [3.8, 4) is 17.8 Å². The number of halogens is 1. The Kier molecular flexibility index (Phi) is 7.40. The zero-order valence-electron chi connectivity index (χ0n) is 20.8. The molecule has 2 amide bonds. The quantitative estimate of drug-likeness (QED) is 0.303. The van der Waals surface area contributed by atoms with Crippen molar-refractivity contribution >= 4 is 23.2 Å². The standard InChI is InChI=1S/C27H24FN7O3/c1-17-24(16-31-35(17)22-6-3-20(28)4-7-22)26(37)32-21-5-8-25(19(13-21)14-29)33-9-11-34(12-10-33)27(38)23(15-30)18(2)36/h3-8,13,16,36H,9-12H2,1-2H3,(H,32,37)/b23-18+. The SMILES string of the molecule is C/C(O)=C(/C#N)C(=O)N1CCN(c2ccc(NC(=O)c3cnn(-c4ccc(F)cc4)c3C)cc2C#N)CC1. The van der Waals surface area contributed by atoms with E-state index >= 15 is 0 Å². The molecule has 0 radical (unpaired) electrons. The summed E-state index contributed by atoms with van der Waals surface area (Å²) in [5.74, 6) is -1.61. The average Bonchev–Trinajstić information content (AvgIpc) is 3.30. The second-order valence-electron chi connectivity index (χ2n) is 8.68. The Morgan fingerprint density at radius 3 is 2.37 bits per heavy atom. The number of allylic oxidation sites excluding steroid dienone is 1. The fourth-order valence-electron chi connectivity index (χ4n) is 4.24. The van der Waals surface area contributed by atoms with E-state index < -0.39 is 11.8 Å². The number of amides is 2. The molecule has 0 bridgehead atoms. The molecule has 0 unspecified atom stereocenters. The molecule has 1 aromatic heterocycles. The third-order valence-corrected chi connectivity index (χ3v) is 6.30. The molecule has 2 N–H and O–H groups in total. The Bertz CT molecular complexity index is 1500. The highest BCUT2D eigenvalue weighted by Crippen LogP contribution is 2.26. The van der Waals surface area contributed by atoms with E-state index in [4.69, 9.17) is 5.26 Å². The summed E-state index contributed by atoms with van der Waals surface area (Å²) in [6.07, 6.45) is 1.43. The number of nitrogens with zero attached hydrogens (tertiary/aromatic N) is 6. The monoisotopic (exact) mass is 513 g/mol. The van der Waals surface area contributed by atoms with Crippen LogP contribution in [0.4, 0.5) is 15.8 Å². The average molecular weight is 514 g/mol. The van der Waals surface area contributed by atoms with Crippen LogP contribution in [0.15, 0.2) is 60.0 Å². The number of aromatic nitrogens is 2. The first kappa shape index (κ1) is 25.9. The van der Waals surface area contributed by atoms with E-state index in [1.165, 1.54) is 30.2 Å². The summed E-state index contributed by atoms with van der Waals surface area (Å²) in [6.45, 7) is 4.52. The summed E-state index contributed by atoms with van der Waals surface area (Å²) in [7, 11) is 0. The molecule has 0 aliphatic carbocycles. The van der Waals surface area contributed by atoms with E-state index in [1.54, 1.807) is 48.0 Å². The van der Waals surface area contributed by atoms with Gasteiger partial charge < -0.3 is 20.2 Å². The van der Waals surface area contributed by atoms with Gasteiger partial charge in [-0.2, -0.15) is 15.6 Å². The summed E-state index contributed by atoms with van der Waals surface area (Å²) in [4.78, 5) is 28.9. The molecule has 2 aromatic carbocycles.